The number of aryl methyl sites for hydroxylation is 1. The Morgan fingerprint density at radius 2 is 2.05 bits per heavy atom. The predicted octanol–water partition coefficient (Wildman–Crippen LogP) is 4.66. The molecule has 0 amide bonds. The Morgan fingerprint density at radius 3 is 2.85 bits per heavy atom. The van der Waals surface area contributed by atoms with Gasteiger partial charge in [-0.1, -0.05) is 12.1 Å². The van der Waals surface area contributed by atoms with Crippen LogP contribution in [0.2, 0.25) is 0 Å². The number of halogens is 1. The van der Waals surface area contributed by atoms with Crippen molar-refractivity contribution in [1.29, 1.82) is 0 Å². The average molecular weight is 347 g/mol. The number of pyridine rings is 1. The van der Waals surface area contributed by atoms with Gasteiger partial charge in [0.1, 0.15) is 0 Å². The smallest absolute Gasteiger partial charge is 0.0705 e. The highest BCUT2D eigenvalue weighted by Crippen LogP contribution is 2.22. The lowest BCUT2D eigenvalue weighted by Gasteiger charge is -2.06. The third-order valence-electron chi connectivity index (χ3n) is 3.20. The van der Waals surface area contributed by atoms with Crippen molar-refractivity contribution in [3.8, 4) is 0 Å². The summed E-state index contributed by atoms with van der Waals surface area (Å²) in [5, 5.41) is 6.78. The minimum absolute atomic E-state index is 0.869. The lowest BCUT2D eigenvalue weighted by atomic mass is 10.1. The van der Waals surface area contributed by atoms with Gasteiger partial charge in [0.15, 0.2) is 0 Å². The second-order valence-electron chi connectivity index (χ2n) is 4.77. The highest BCUT2D eigenvalue weighted by molar-refractivity contribution is 9.10. The van der Waals surface area contributed by atoms with Gasteiger partial charge in [0.2, 0.25) is 0 Å². The maximum atomic E-state index is 4.52. The van der Waals surface area contributed by atoms with Gasteiger partial charge in [-0.2, -0.15) is 0 Å². The van der Waals surface area contributed by atoms with E-state index in [2.05, 4.69) is 68.0 Å². The first-order valence-electron chi connectivity index (χ1n) is 6.51. The van der Waals surface area contributed by atoms with Crippen LogP contribution in [0.1, 0.15) is 16.1 Å². The molecule has 0 aliphatic rings. The molecule has 0 fully saturated rings. The van der Waals surface area contributed by atoms with Gasteiger partial charge in [-0.15, -0.1) is 11.3 Å². The molecule has 4 heteroatoms. The van der Waals surface area contributed by atoms with Crippen LogP contribution in [0.4, 0.5) is 0 Å². The van der Waals surface area contributed by atoms with Crippen molar-refractivity contribution >= 4 is 38.2 Å². The van der Waals surface area contributed by atoms with E-state index in [1.807, 2.05) is 6.92 Å². The fourth-order valence-electron chi connectivity index (χ4n) is 2.16. The molecule has 0 spiro atoms. The van der Waals surface area contributed by atoms with Gasteiger partial charge < -0.3 is 5.32 Å². The topological polar surface area (TPSA) is 24.9 Å². The highest BCUT2D eigenvalue weighted by atomic mass is 79.9. The van der Waals surface area contributed by atoms with Crippen LogP contribution < -0.4 is 5.32 Å². The maximum absolute atomic E-state index is 4.52. The molecular formula is C16H15BrN2S. The van der Waals surface area contributed by atoms with Crippen molar-refractivity contribution in [2.24, 2.45) is 0 Å². The summed E-state index contributed by atoms with van der Waals surface area (Å²) in [5.74, 6) is 0. The van der Waals surface area contributed by atoms with E-state index in [9.17, 15) is 0 Å². The fraction of sp³-hybridized carbons (Fsp3) is 0.188. The second-order valence-corrected chi connectivity index (χ2v) is 6.63. The number of nitrogens with zero attached hydrogens (tertiary/aromatic N) is 1. The normalized spacial score (nSPS) is 11.1. The van der Waals surface area contributed by atoms with E-state index in [0.717, 1.165) is 24.3 Å². The summed E-state index contributed by atoms with van der Waals surface area (Å²) < 4.78 is 1.19. The predicted molar refractivity (Wildman–Crippen MR) is 89.0 cm³/mol. The molecule has 0 saturated carbocycles. The first kappa shape index (κ1) is 13.7. The van der Waals surface area contributed by atoms with Gasteiger partial charge in [-0.3, -0.25) is 4.98 Å². The first-order chi connectivity index (χ1) is 9.72. The van der Waals surface area contributed by atoms with Crippen LogP contribution in [0.3, 0.4) is 0 Å². The summed E-state index contributed by atoms with van der Waals surface area (Å²) in [6.45, 7) is 3.78. The van der Waals surface area contributed by atoms with Crippen LogP contribution >= 0.6 is 27.3 Å². The van der Waals surface area contributed by atoms with Gasteiger partial charge in [0.25, 0.3) is 0 Å². The molecule has 102 valence electrons. The van der Waals surface area contributed by atoms with Crippen molar-refractivity contribution < 1.29 is 0 Å². The molecule has 3 aromatic rings. The van der Waals surface area contributed by atoms with Gasteiger partial charge in [0.05, 0.1) is 5.52 Å². The van der Waals surface area contributed by atoms with E-state index in [-0.39, 0.29) is 0 Å². The van der Waals surface area contributed by atoms with Crippen LogP contribution in [0.25, 0.3) is 10.9 Å². The minimum atomic E-state index is 0.869. The molecule has 20 heavy (non-hydrogen) atoms. The quantitative estimate of drug-likeness (QED) is 0.743. The zero-order valence-corrected chi connectivity index (χ0v) is 13.6. The van der Waals surface area contributed by atoms with E-state index < -0.39 is 0 Å². The van der Waals surface area contributed by atoms with Crippen LogP contribution in [0.5, 0.6) is 0 Å². The Bertz CT molecular complexity index is 736. The van der Waals surface area contributed by atoms with Gasteiger partial charge in [-0.05, 0) is 58.1 Å². The molecule has 1 N–H and O–H groups in total. The van der Waals surface area contributed by atoms with Crippen LogP contribution in [0, 0.1) is 6.92 Å². The molecule has 0 radical (unpaired) electrons. The molecule has 0 aliphatic heterocycles. The molecule has 2 nitrogen and oxygen atoms in total. The summed E-state index contributed by atoms with van der Waals surface area (Å²) >= 11 is 5.32. The third-order valence-corrected chi connectivity index (χ3v) is 5.12. The van der Waals surface area contributed by atoms with Crippen LogP contribution in [0.15, 0.2) is 46.3 Å². The fourth-order valence-corrected chi connectivity index (χ4v) is 3.62. The van der Waals surface area contributed by atoms with E-state index in [0.29, 0.717) is 0 Å². The van der Waals surface area contributed by atoms with Crippen LogP contribution in [-0.2, 0) is 13.1 Å². The van der Waals surface area contributed by atoms with Crippen molar-refractivity contribution in [2.75, 3.05) is 0 Å². The zero-order valence-electron chi connectivity index (χ0n) is 11.2. The van der Waals surface area contributed by atoms with E-state index >= 15 is 0 Å². The first-order valence-corrected chi connectivity index (χ1v) is 8.18. The number of nitrogens with one attached hydrogen (secondary N) is 1. The number of aromatic nitrogens is 1. The van der Waals surface area contributed by atoms with E-state index in [1.54, 1.807) is 11.3 Å². The number of benzene rings is 1. The maximum Gasteiger partial charge on any atom is 0.0705 e. The monoisotopic (exact) mass is 346 g/mol. The molecule has 2 heterocycles. The molecule has 0 unspecified atom stereocenters. The average Bonchev–Trinajstić information content (AvgIpc) is 2.85. The number of rotatable bonds is 4. The summed E-state index contributed by atoms with van der Waals surface area (Å²) in [6.07, 6.45) is 0. The molecule has 0 atom stereocenters. The number of fused-ring (bicyclic) bond motifs is 1. The van der Waals surface area contributed by atoms with Crippen LogP contribution in [-0.4, -0.2) is 4.98 Å². The Kier molecular flexibility index (Phi) is 4.15. The summed E-state index contributed by atoms with van der Waals surface area (Å²) in [4.78, 5) is 5.86. The summed E-state index contributed by atoms with van der Waals surface area (Å²) in [7, 11) is 0. The SMILES string of the molecule is Cc1ccc2cc(CNCc3sccc3Br)ccc2n1. The molecule has 0 saturated heterocycles. The number of thiophene rings is 1. The molecule has 0 aliphatic carbocycles. The molecular weight excluding hydrogens is 332 g/mol. The van der Waals surface area contributed by atoms with Gasteiger partial charge in [-0.25, -0.2) is 0 Å². The largest absolute Gasteiger partial charge is 0.308 e. The lowest BCUT2D eigenvalue weighted by Crippen LogP contribution is -2.11. The summed E-state index contributed by atoms with van der Waals surface area (Å²) in [5.41, 5.74) is 3.41. The van der Waals surface area contributed by atoms with Crippen molar-refractivity contribution in [3.05, 3.63) is 62.4 Å². The Morgan fingerprint density at radius 1 is 1.15 bits per heavy atom. The minimum Gasteiger partial charge on any atom is -0.308 e. The molecule has 2 aromatic heterocycles. The number of hydrogen-bond acceptors (Lipinski definition) is 3. The Hall–Kier alpha value is -1.23. The van der Waals surface area contributed by atoms with Crippen molar-refractivity contribution in [3.63, 3.8) is 0 Å². The Labute approximate surface area is 131 Å². The lowest BCUT2D eigenvalue weighted by molar-refractivity contribution is 0.700. The van der Waals surface area contributed by atoms with E-state index in [4.69, 9.17) is 0 Å². The van der Waals surface area contributed by atoms with Gasteiger partial charge >= 0.3 is 0 Å². The molecule has 1 aromatic carbocycles. The molecule has 3 rings (SSSR count). The van der Waals surface area contributed by atoms with Gasteiger partial charge in [0, 0.05) is 33.5 Å². The second kappa shape index (κ2) is 6.04. The molecule has 0 bridgehead atoms. The highest BCUT2D eigenvalue weighted by Gasteiger charge is 2.02. The van der Waals surface area contributed by atoms with Crippen molar-refractivity contribution in [2.45, 2.75) is 20.0 Å². The Balaban J connectivity index is 1.68. The number of hydrogen-bond donors (Lipinski definition) is 1. The third kappa shape index (κ3) is 3.08. The zero-order chi connectivity index (χ0) is 13.9. The van der Waals surface area contributed by atoms with Crippen molar-refractivity contribution in [1.82, 2.24) is 10.3 Å². The standard InChI is InChI=1S/C16H15BrN2S/c1-11-2-4-13-8-12(3-5-15(13)19-11)9-18-10-16-14(17)6-7-20-16/h2-8,18H,9-10H2,1H3. The van der Waals surface area contributed by atoms with E-state index in [1.165, 1.54) is 20.3 Å². The summed E-state index contributed by atoms with van der Waals surface area (Å²) in [6, 6.07) is 12.7.